The fourth-order valence-electron chi connectivity index (χ4n) is 4.17. The number of pyridine rings is 1. The lowest BCUT2D eigenvalue weighted by atomic mass is 10.1. The predicted octanol–water partition coefficient (Wildman–Crippen LogP) is 5.11. The van der Waals surface area contributed by atoms with Crippen LogP contribution in [0, 0.1) is 0 Å². The molecule has 30 heavy (non-hydrogen) atoms. The SMILES string of the molecule is O=C(Nc1ccc2oc(C3CC3)nc2c1)c1cc2ccccc2nc1N1CCCC1. The summed E-state index contributed by atoms with van der Waals surface area (Å²) in [4.78, 5) is 24.9. The van der Waals surface area contributed by atoms with Crippen LogP contribution < -0.4 is 10.2 Å². The number of nitrogens with zero attached hydrogens (tertiary/aromatic N) is 3. The van der Waals surface area contributed by atoms with Crippen molar-refractivity contribution in [2.24, 2.45) is 0 Å². The molecule has 1 saturated carbocycles. The largest absolute Gasteiger partial charge is 0.440 e. The van der Waals surface area contributed by atoms with Crippen molar-refractivity contribution in [3.8, 4) is 0 Å². The molecule has 2 aromatic heterocycles. The number of anilines is 2. The number of oxazole rings is 1. The van der Waals surface area contributed by atoms with E-state index >= 15 is 0 Å². The second-order valence-electron chi connectivity index (χ2n) is 8.21. The van der Waals surface area contributed by atoms with E-state index in [9.17, 15) is 4.79 Å². The van der Waals surface area contributed by atoms with Crippen molar-refractivity contribution in [1.82, 2.24) is 9.97 Å². The molecule has 1 N–H and O–H groups in total. The lowest BCUT2D eigenvalue weighted by Crippen LogP contribution is -2.24. The summed E-state index contributed by atoms with van der Waals surface area (Å²) in [6, 6.07) is 15.5. The van der Waals surface area contributed by atoms with E-state index in [4.69, 9.17) is 9.40 Å². The smallest absolute Gasteiger partial charge is 0.259 e. The van der Waals surface area contributed by atoms with Crippen molar-refractivity contribution < 1.29 is 9.21 Å². The van der Waals surface area contributed by atoms with Crippen LogP contribution in [0.4, 0.5) is 11.5 Å². The van der Waals surface area contributed by atoms with Gasteiger partial charge >= 0.3 is 0 Å². The zero-order chi connectivity index (χ0) is 20.1. The first-order valence-corrected chi connectivity index (χ1v) is 10.6. The standard InChI is InChI=1S/C24H22N4O2/c29-23(25-17-9-10-21-20(14-17)27-24(30-21)15-7-8-15)18-13-16-5-1-2-6-19(16)26-22(18)28-11-3-4-12-28/h1-2,5-6,9-10,13-15H,3-4,7-8,11-12H2,(H,25,29). The van der Waals surface area contributed by atoms with Gasteiger partial charge in [0.25, 0.3) is 5.91 Å². The van der Waals surface area contributed by atoms with Crippen LogP contribution in [-0.2, 0) is 0 Å². The minimum absolute atomic E-state index is 0.152. The van der Waals surface area contributed by atoms with Gasteiger partial charge in [0.15, 0.2) is 11.5 Å². The van der Waals surface area contributed by atoms with Gasteiger partial charge in [-0.2, -0.15) is 0 Å². The summed E-state index contributed by atoms with van der Waals surface area (Å²) in [5, 5.41) is 4.01. The minimum atomic E-state index is -0.152. The number of carbonyl (C=O) groups excluding carboxylic acids is 1. The Bertz CT molecular complexity index is 1270. The van der Waals surface area contributed by atoms with Gasteiger partial charge in [0.05, 0.1) is 11.1 Å². The number of hydrogen-bond donors (Lipinski definition) is 1. The minimum Gasteiger partial charge on any atom is -0.440 e. The summed E-state index contributed by atoms with van der Waals surface area (Å²) in [6.07, 6.45) is 4.54. The molecule has 1 aliphatic carbocycles. The Kier molecular flexibility index (Phi) is 3.97. The Morgan fingerprint density at radius 2 is 1.83 bits per heavy atom. The fourth-order valence-corrected chi connectivity index (χ4v) is 4.17. The number of hydrogen-bond acceptors (Lipinski definition) is 5. The van der Waals surface area contributed by atoms with Crippen LogP contribution in [-0.4, -0.2) is 29.0 Å². The van der Waals surface area contributed by atoms with Gasteiger partial charge in [-0.25, -0.2) is 9.97 Å². The van der Waals surface area contributed by atoms with E-state index in [1.54, 1.807) is 0 Å². The lowest BCUT2D eigenvalue weighted by molar-refractivity contribution is 0.102. The zero-order valence-electron chi connectivity index (χ0n) is 16.6. The zero-order valence-corrected chi connectivity index (χ0v) is 16.6. The molecular weight excluding hydrogens is 376 g/mol. The van der Waals surface area contributed by atoms with E-state index in [1.165, 1.54) is 0 Å². The van der Waals surface area contributed by atoms with Crippen molar-refractivity contribution >= 4 is 39.4 Å². The van der Waals surface area contributed by atoms with Gasteiger partial charge in [-0.1, -0.05) is 18.2 Å². The van der Waals surface area contributed by atoms with Crippen molar-refractivity contribution in [3.63, 3.8) is 0 Å². The normalized spacial score (nSPS) is 16.5. The fraction of sp³-hybridized carbons (Fsp3) is 0.292. The first kappa shape index (κ1) is 17.4. The molecule has 1 saturated heterocycles. The van der Waals surface area contributed by atoms with Crippen LogP contribution in [0.1, 0.15) is 47.8 Å². The number of para-hydroxylation sites is 1. The van der Waals surface area contributed by atoms with Gasteiger partial charge in [0.1, 0.15) is 11.3 Å². The third-order valence-electron chi connectivity index (χ3n) is 5.94. The molecule has 0 bridgehead atoms. The molecule has 1 amide bonds. The van der Waals surface area contributed by atoms with Crippen LogP contribution >= 0.6 is 0 Å². The highest BCUT2D eigenvalue weighted by molar-refractivity contribution is 6.10. The molecule has 0 atom stereocenters. The highest BCUT2D eigenvalue weighted by Crippen LogP contribution is 2.40. The number of carbonyl (C=O) groups is 1. The molecule has 6 nitrogen and oxygen atoms in total. The van der Waals surface area contributed by atoms with Crippen molar-refractivity contribution in [1.29, 1.82) is 0 Å². The molecule has 2 aromatic carbocycles. The predicted molar refractivity (Wildman–Crippen MR) is 117 cm³/mol. The molecule has 0 unspecified atom stereocenters. The first-order chi connectivity index (χ1) is 14.7. The van der Waals surface area contributed by atoms with Gasteiger partial charge in [-0.05, 0) is 56.0 Å². The molecule has 0 spiro atoms. The summed E-state index contributed by atoms with van der Waals surface area (Å²) in [7, 11) is 0. The molecule has 3 heterocycles. The highest BCUT2D eigenvalue weighted by Gasteiger charge is 2.29. The monoisotopic (exact) mass is 398 g/mol. The second kappa shape index (κ2) is 6.83. The maximum Gasteiger partial charge on any atom is 0.259 e. The molecule has 2 fully saturated rings. The van der Waals surface area contributed by atoms with Gasteiger partial charge in [-0.3, -0.25) is 4.79 Å². The van der Waals surface area contributed by atoms with E-state index in [1.807, 2.05) is 48.5 Å². The molecule has 6 rings (SSSR count). The molecule has 1 aliphatic heterocycles. The molecule has 6 heteroatoms. The third kappa shape index (κ3) is 3.09. The number of nitrogens with one attached hydrogen (secondary N) is 1. The maximum absolute atomic E-state index is 13.3. The van der Waals surface area contributed by atoms with Crippen LogP contribution in [0.15, 0.2) is 52.9 Å². The second-order valence-corrected chi connectivity index (χ2v) is 8.21. The Balaban J connectivity index is 1.35. The summed E-state index contributed by atoms with van der Waals surface area (Å²) in [5.74, 6) is 1.88. The maximum atomic E-state index is 13.3. The summed E-state index contributed by atoms with van der Waals surface area (Å²) in [5.41, 5.74) is 3.77. The lowest BCUT2D eigenvalue weighted by Gasteiger charge is -2.20. The van der Waals surface area contributed by atoms with Gasteiger partial charge < -0.3 is 14.6 Å². The average Bonchev–Trinajstić information content (AvgIpc) is 3.30. The number of rotatable bonds is 4. The first-order valence-electron chi connectivity index (χ1n) is 10.6. The molecule has 2 aliphatic rings. The van der Waals surface area contributed by atoms with Gasteiger partial charge in [-0.15, -0.1) is 0 Å². The van der Waals surface area contributed by atoms with Crippen molar-refractivity contribution in [2.45, 2.75) is 31.6 Å². The Hall–Kier alpha value is -3.41. The van der Waals surface area contributed by atoms with Crippen LogP contribution in [0.3, 0.4) is 0 Å². The van der Waals surface area contributed by atoms with Crippen LogP contribution in [0.25, 0.3) is 22.0 Å². The van der Waals surface area contributed by atoms with Gasteiger partial charge in [0, 0.05) is 30.1 Å². The molecule has 0 radical (unpaired) electrons. The Morgan fingerprint density at radius 3 is 2.67 bits per heavy atom. The summed E-state index contributed by atoms with van der Waals surface area (Å²) < 4.78 is 5.83. The Morgan fingerprint density at radius 1 is 1.00 bits per heavy atom. The van der Waals surface area contributed by atoms with Crippen LogP contribution in [0.5, 0.6) is 0 Å². The molecule has 150 valence electrons. The highest BCUT2D eigenvalue weighted by atomic mass is 16.3. The Labute approximate surface area is 173 Å². The molecular formula is C24H22N4O2. The van der Waals surface area contributed by atoms with E-state index in [-0.39, 0.29) is 5.91 Å². The number of aromatic nitrogens is 2. The molecule has 4 aromatic rings. The van der Waals surface area contributed by atoms with E-state index in [0.717, 1.165) is 72.5 Å². The van der Waals surface area contributed by atoms with E-state index in [2.05, 4.69) is 15.2 Å². The van der Waals surface area contributed by atoms with E-state index in [0.29, 0.717) is 17.2 Å². The quantitative estimate of drug-likeness (QED) is 0.517. The summed E-state index contributed by atoms with van der Waals surface area (Å²) in [6.45, 7) is 1.86. The number of fused-ring (bicyclic) bond motifs is 2. The average molecular weight is 398 g/mol. The third-order valence-corrected chi connectivity index (χ3v) is 5.94. The topological polar surface area (TPSA) is 71.3 Å². The van der Waals surface area contributed by atoms with Crippen LogP contribution in [0.2, 0.25) is 0 Å². The van der Waals surface area contributed by atoms with Crippen molar-refractivity contribution in [2.75, 3.05) is 23.3 Å². The van der Waals surface area contributed by atoms with E-state index < -0.39 is 0 Å². The van der Waals surface area contributed by atoms with Gasteiger partial charge in [0.2, 0.25) is 0 Å². The number of benzene rings is 2. The summed E-state index contributed by atoms with van der Waals surface area (Å²) >= 11 is 0. The van der Waals surface area contributed by atoms with Crippen molar-refractivity contribution in [3.05, 3.63) is 60.0 Å². The number of amides is 1.